The summed E-state index contributed by atoms with van der Waals surface area (Å²) in [7, 11) is 0. The summed E-state index contributed by atoms with van der Waals surface area (Å²) in [6, 6.07) is 20.9. The lowest BCUT2D eigenvalue weighted by molar-refractivity contribution is 0.416. The third kappa shape index (κ3) is 4.38. The van der Waals surface area contributed by atoms with Crippen LogP contribution in [0.5, 0.6) is 0 Å². The average molecular weight is 306 g/mol. The lowest BCUT2D eigenvalue weighted by Crippen LogP contribution is -2.32. The van der Waals surface area contributed by atoms with Gasteiger partial charge in [-0.1, -0.05) is 61.7 Å². The number of rotatable bonds is 5. The Labute approximate surface area is 139 Å². The molecule has 0 amide bonds. The topological polar surface area (TPSA) is 15.3 Å². The number of anilines is 2. The molecule has 0 aliphatic heterocycles. The van der Waals surface area contributed by atoms with Crippen LogP contribution in [0.25, 0.3) is 0 Å². The summed E-state index contributed by atoms with van der Waals surface area (Å²) >= 11 is 0. The predicted octanol–water partition coefficient (Wildman–Crippen LogP) is 5.81. The summed E-state index contributed by atoms with van der Waals surface area (Å²) in [6.45, 7) is 2.17. The molecule has 0 radical (unpaired) electrons. The fourth-order valence-electron chi connectivity index (χ4n) is 3.30. The first-order chi connectivity index (χ1) is 11.3. The van der Waals surface area contributed by atoms with Crippen molar-refractivity contribution in [3.8, 4) is 0 Å². The maximum Gasteiger partial charge on any atom is 0.0630 e. The number of nitrogens with zero attached hydrogens (tertiary/aromatic N) is 1. The maximum atomic E-state index is 3.59. The van der Waals surface area contributed by atoms with Crippen LogP contribution in [0.15, 0.2) is 72.4 Å². The van der Waals surface area contributed by atoms with E-state index in [-0.39, 0.29) is 0 Å². The van der Waals surface area contributed by atoms with Crippen molar-refractivity contribution < 1.29 is 0 Å². The van der Waals surface area contributed by atoms with Gasteiger partial charge in [-0.05, 0) is 49.9 Å². The van der Waals surface area contributed by atoms with Gasteiger partial charge in [0, 0.05) is 5.70 Å². The van der Waals surface area contributed by atoms with Crippen molar-refractivity contribution in [1.29, 1.82) is 0 Å². The number of hydrazine groups is 1. The Bertz CT molecular complexity index is 573. The van der Waals surface area contributed by atoms with E-state index in [0.29, 0.717) is 0 Å². The lowest BCUT2D eigenvalue weighted by atomic mass is 9.89. The first-order valence-electron chi connectivity index (χ1n) is 8.68. The van der Waals surface area contributed by atoms with Gasteiger partial charge >= 0.3 is 0 Å². The van der Waals surface area contributed by atoms with Gasteiger partial charge in [0.15, 0.2) is 0 Å². The van der Waals surface area contributed by atoms with Crippen molar-refractivity contribution >= 4 is 11.4 Å². The largest absolute Gasteiger partial charge is 0.299 e. The van der Waals surface area contributed by atoms with Crippen LogP contribution < -0.4 is 10.4 Å². The fourth-order valence-corrected chi connectivity index (χ4v) is 3.30. The maximum absolute atomic E-state index is 3.59. The van der Waals surface area contributed by atoms with Crippen molar-refractivity contribution in [2.75, 3.05) is 5.01 Å². The molecule has 2 heteroatoms. The van der Waals surface area contributed by atoms with Gasteiger partial charge in [-0.2, -0.15) is 0 Å². The van der Waals surface area contributed by atoms with Gasteiger partial charge in [0.2, 0.25) is 0 Å². The van der Waals surface area contributed by atoms with Crippen LogP contribution in [0.3, 0.4) is 0 Å². The van der Waals surface area contributed by atoms with Gasteiger partial charge in [0.1, 0.15) is 0 Å². The van der Waals surface area contributed by atoms with Crippen LogP contribution in [0.2, 0.25) is 0 Å². The van der Waals surface area contributed by atoms with E-state index in [1.807, 2.05) is 0 Å². The number of benzene rings is 2. The lowest BCUT2D eigenvalue weighted by Gasteiger charge is -2.28. The molecule has 3 rings (SSSR count). The van der Waals surface area contributed by atoms with Gasteiger partial charge < -0.3 is 0 Å². The smallest absolute Gasteiger partial charge is 0.0630 e. The molecule has 0 heterocycles. The van der Waals surface area contributed by atoms with Crippen LogP contribution in [-0.2, 0) is 0 Å². The molecule has 0 spiro atoms. The van der Waals surface area contributed by atoms with E-state index < -0.39 is 0 Å². The minimum Gasteiger partial charge on any atom is -0.299 e. The quantitative estimate of drug-likeness (QED) is 0.701. The highest BCUT2D eigenvalue weighted by molar-refractivity contribution is 5.62. The number of para-hydroxylation sites is 2. The third-order valence-electron chi connectivity index (χ3n) is 4.45. The summed E-state index contributed by atoms with van der Waals surface area (Å²) in [6.07, 6.45) is 9.21. The highest BCUT2D eigenvalue weighted by Gasteiger charge is 2.13. The minimum atomic E-state index is 0.727. The molecule has 0 saturated heterocycles. The molecule has 1 aliphatic rings. The summed E-state index contributed by atoms with van der Waals surface area (Å²) in [5.41, 5.74) is 7.11. The van der Waals surface area contributed by atoms with E-state index in [1.54, 1.807) is 0 Å². The van der Waals surface area contributed by atoms with Crippen molar-refractivity contribution in [3.63, 3.8) is 0 Å². The van der Waals surface area contributed by atoms with E-state index in [9.17, 15) is 0 Å². The summed E-state index contributed by atoms with van der Waals surface area (Å²) in [4.78, 5) is 0. The van der Waals surface area contributed by atoms with Crippen LogP contribution >= 0.6 is 0 Å². The Balaban J connectivity index is 1.80. The van der Waals surface area contributed by atoms with Gasteiger partial charge in [-0.3, -0.25) is 10.4 Å². The highest BCUT2D eigenvalue weighted by Crippen LogP contribution is 2.27. The molecule has 2 nitrogen and oxygen atoms in total. The Morgan fingerprint density at radius 1 is 0.870 bits per heavy atom. The SMILES string of the molecule is C/C(=C\C1CCCCC1)NN(c1ccccc1)c1ccccc1. The molecule has 0 aromatic heterocycles. The van der Waals surface area contributed by atoms with Gasteiger partial charge in [-0.25, -0.2) is 0 Å². The molecule has 2 aromatic rings. The molecule has 1 N–H and O–H groups in total. The number of hydrogen-bond acceptors (Lipinski definition) is 2. The molecule has 120 valence electrons. The molecule has 2 aromatic carbocycles. The minimum absolute atomic E-state index is 0.727. The van der Waals surface area contributed by atoms with Crippen molar-refractivity contribution in [2.45, 2.75) is 39.0 Å². The number of nitrogens with one attached hydrogen (secondary N) is 1. The van der Waals surface area contributed by atoms with E-state index in [4.69, 9.17) is 0 Å². The standard InChI is InChI=1S/C21H26N2/c1-18(17-19-11-5-2-6-12-19)22-23(20-13-7-3-8-14-20)21-15-9-4-10-16-21/h3-4,7-10,13-17,19,22H,2,5-6,11-12H2,1H3/b18-17+. The van der Waals surface area contributed by atoms with Gasteiger partial charge in [0.05, 0.1) is 11.4 Å². The second-order valence-electron chi connectivity index (χ2n) is 6.37. The van der Waals surface area contributed by atoms with Crippen LogP contribution in [-0.4, -0.2) is 0 Å². The summed E-state index contributed by atoms with van der Waals surface area (Å²) in [5, 5.41) is 2.16. The van der Waals surface area contributed by atoms with E-state index in [1.165, 1.54) is 37.8 Å². The molecule has 1 fully saturated rings. The highest BCUT2D eigenvalue weighted by atomic mass is 15.5. The van der Waals surface area contributed by atoms with Crippen molar-refractivity contribution in [2.24, 2.45) is 5.92 Å². The van der Waals surface area contributed by atoms with Crippen LogP contribution in [0.4, 0.5) is 11.4 Å². The zero-order valence-corrected chi connectivity index (χ0v) is 13.9. The predicted molar refractivity (Wildman–Crippen MR) is 98.5 cm³/mol. The average Bonchev–Trinajstić information content (AvgIpc) is 2.62. The molecular weight excluding hydrogens is 280 g/mol. The molecule has 0 atom stereocenters. The second kappa shape index (κ2) is 7.87. The van der Waals surface area contributed by atoms with E-state index in [2.05, 4.69) is 84.1 Å². The van der Waals surface area contributed by atoms with Gasteiger partial charge in [-0.15, -0.1) is 0 Å². The molecule has 1 aliphatic carbocycles. The van der Waals surface area contributed by atoms with Crippen LogP contribution in [0.1, 0.15) is 39.0 Å². The third-order valence-corrected chi connectivity index (χ3v) is 4.45. The Morgan fingerprint density at radius 2 is 1.39 bits per heavy atom. The number of allylic oxidation sites excluding steroid dienone is 2. The normalized spacial score (nSPS) is 16.1. The summed E-state index contributed by atoms with van der Waals surface area (Å²) in [5.74, 6) is 0.727. The number of hydrogen-bond donors (Lipinski definition) is 1. The van der Waals surface area contributed by atoms with E-state index >= 15 is 0 Å². The van der Waals surface area contributed by atoms with Crippen LogP contribution in [0, 0.1) is 5.92 Å². The first kappa shape index (κ1) is 15.7. The molecule has 23 heavy (non-hydrogen) atoms. The zero-order valence-electron chi connectivity index (χ0n) is 13.9. The van der Waals surface area contributed by atoms with E-state index in [0.717, 1.165) is 17.3 Å². The molecule has 0 unspecified atom stereocenters. The second-order valence-corrected chi connectivity index (χ2v) is 6.37. The molecular formula is C21H26N2. The monoisotopic (exact) mass is 306 g/mol. The van der Waals surface area contributed by atoms with Gasteiger partial charge in [0.25, 0.3) is 0 Å². The Kier molecular flexibility index (Phi) is 5.36. The fraction of sp³-hybridized carbons (Fsp3) is 0.333. The first-order valence-corrected chi connectivity index (χ1v) is 8.68. The molecule has 1 saturated carbocycles. The molecule has 0 bridgehead atoms. The zero-order chi connectivity index (χ0) is 15.9. The Morgan fingerprint density at radius 3 is 1.91 bits per heavy atom. The van der Waals surface area contributed by atoms with Crippen molar-refractivity contribution in [1.82, 2.24) is 5.43 Å². The Hall–Kier alpha value is -2.22. The summed E-state index contributed by atoms with van der Waals surface area (Å²) < 4.78 is 0. The van der Waals surface area contributed by atoms with Crippen molar-refractivity contribution in [3.05, 3.63) is 72.4 Å².